The molecule has 2 aliphatic heterocycles. The number of rotatable bonds is 2. The van der Waals surface area contributed by atoms with Gasteiger partial charge in [-0.25, -0.2) is 0 Å². The third-order valence-corrected chi connectivity index (χ3v) is 4.24. The summed E-state index contributed by atoms with van der Waals surface area (Å²) in [5.41, 5.74) is 1.75. The van der Waals surface area contributed by atoms with Crippen LogP contribution in [0.4, 0.5) is 0 Å². The zero-order valence-electron chi connectivity index (χ0n) is 10.5. The second kappa shape index (κ2) is 4.34. The Hall–Kier alpha value is -1.02. The van der Waals surface area contributed by atoms with Crippen LogP contribution in [0.5, 0.6) is 5.75 Å². The van der Waals surface area contributed by atoms with Crippen LogP contribution >= 0.6 is 0 Å². The van der Waals surface area contributed by atoms with Crippen LogP contribution < -0.4 is 10.1 Å². The molecule has 3 rings (SSSR count). The minimum absolute atomic E-state index is 0.342. The van der Waals surface area contributed by atoms with E-state index in [4.69, 9.17) is 4.74 Å². The van der Waals surface area contributed by atoms with Gasteiger partial charge in [0.05, 0.1) is 6.61 Å². The summed E-state index contributed by atoms with van der Waals surface area (Å²) in [7, 11) is 0. The van der Waals surface area contributed by atoms with E-state index in [0.717, 1.165) is 18.8 Å². The summed E-state index contributed by atoms with van der Waals surface area (Å²) in [4.78, 5) is 0. The van der Waals surface area contributed by atoms with E-state index in [2.05, 4.69) is 36.5 Å². The van der Waals surface area contributed by atoms with Crippen LogP contribution in [0.15, 0.2) is 24.3 Å². The number of para-hydroxylation sites is 1. The minimum Gasteiger partial charge on any atom is -0.493 e. The summed E-state index contributed by atoms with van der Waals surface area (Å²) >= 11 is 0. The molecular formula is C15H21NO. The molecule has 1 aromatic rings. The Balaban J connectivity index is 1.81. The van der Waals surface area contributed by atoms with E-state index in [1.165, 1.54) is 31.4 Å². The molecule has 0 aliphatic carbocycles. The average Bonchev–Trinajstić information content (AvgIpc) is 2.76. The number of fused-ring (bicyclic) bond motifs is 1. The maximum absolute atomic E-state index is 5.73. The van der Waals surface area contributed by atoms with Gasteiger partial charge in [0.1, 0.15) is 5.75 Å². The topological polar surface area (TPSA) is 21.3 Å². The number of hydrogen-bond donors (Lipinski definition) is 1. The molecule has 17 heavy (non-hydrogen) atoms. The summed E-state index contributed by atoms with van der Waals surface area (Å²) in [6.45, 7) is 4.43. The Morgan fingerprint density at radius 1 is 1.41 bits per heavy atom. The quantitative estimate of drug-likeness (QED) is 0.844. The van der Waals surface area contributed by atoms with Crippen molar-refractivity contribution >= 4 is 0 Å². The molecule has 2 heterocycles. The lowest BCUT2D eigenvalue weighted by Crippen LogP contribution is -2.38. The summed E-state index contributed by atoms with van der Waals surface area (Å²) in [6.07, 6.45) is 5.04. The summed E-state index contributed by atoms with van der Waals surface area (Å²) in [5, 5.41) is 3.67. The van der Waals surface area contributed by atoms with Crippen molar-refractivity contribution in [1.29, 1.82) is 0 Å². The fourth-order valence-corrected chi connectivity index (χ4v) is 3.30. The van der Waals surface area contributed by atoms with Crippen molar-refractivity contribution in [1.82, 2.24) is 5.32 Å². The molecule has 1 saturated heterocycles. The number of nitrogens with one attached hydrogen (secondary N) is 1. The predicted octanol–water partition coefficient (Wildman–Crippen LogP) is 3.08. The molecule has 2 atom stereocenters. The highest BCUT2D eigenvalue weighted by atomic mass is 16.5. The van der Waals surface area contributed by atoms with Crippen LogP contribution in [0.25, 0.3) is 0 Å². The van der Waals surface area contributed by atoms with Crippen molar-refractivity contribution < 1.29 is 4.74 Å². The molecule has 0 radical (unpaired) electrons. The summed E-state index contributed by atoms with van der Waals surface area (Å²) < 4.78 is 5.73. The van der Waals surface area contributed by atoms with Crippen molar-refractivity contribution in [3.63, 3.8) is 0 Å². The summed E-state index contributed by atoms with van der Waals surface area (Å²) in [6, 6.07) is 8.53. The second-order valence-electron chi connectivity index (χ2n) is 5.67. The van der Waals surface area contributed by atoms with Crippen molar-refractivity contribution in [2.45, 2.75) is 44.1 Å². The van der Waals surface area contributed by atoms with E-state index in [9.17, 15) is 0 Å². The van der Waals surface area contributed by atoms with Gasteiger partial charge in [0, 0.05) is 5.54 Å². The third kappa shape index (κ3) is 2.19. The monoisotopic (exact) mass is 231 g/mol. The number of ether oxygens (including phenoxy) is 1. The molecule has 0 spiro atoms. The van der Waals surface area contributed by atoms with Crippen LogP contribution in [0.3, 0.4) is 0 Å². The SMILES string of the molecule is CC1(CC2CCOc3ccccc32)CCCN1. The standard InChI is InChI=1S/C15H21NO/c1-15(8-4-9-16-15)11-12-7-10-17-14-6-3-2-5-13(12)14/h2-3,5-6,12,16H,4,7-11H2,1H3. The number of benzene rings is 1. The Bertz CT molecular complexity index is 396. The predicted molar refractivity (Wildman–Crippen MR) is 69.6 cm³/mol. The van der Waals surface area contributed by atoms with E-state index in [1.807, 2.05) is 0 Å². The Morgan fingerprint density at radius 3 is 3.12 bits per heavy atom. The van der Waals surface area contributed by atoms with E-state index >= 15 is 0 Å². The van der Waals surface area contributed by atoms with E-state index in [1.54, 1.807) is 0 Å². The molecule has 1 aromatic carbocycles. The normalized spacial score (nSPS) is 31.9. The van der Waals surface area contributed by atoms with Gasteiger partial charge in [-0.2, -0.15) is 0 Å². The smallest absolute Gasteiger partial charge is 0.122 e. The van der Waals surface area contributed by atoms with Crippen LogP contribution in [0, 0.1) is 0 Å². The molecule has 2 aliphatic rings. The Morgan fingerprint density at radius 2 is 2.29 bits per heavy atom. The van der Waals surface area contributed by atoms with Crippen molar-refractivity contribution in [2.75, 3.05) is 13.2 Å². The molecule has 1 N–H and O–H groups in total. The van der Waals surface area contributed by atoms with Crippen LogP contribution in [-0.2, 0) is 0 Å². The first-order valence-corrected chi connectivity index (χ1v) is 6.74. The largest absolute Gasteiger partial charge is 0.493 e. The lowest BCUT2D eigenvalue weighted by molar-refractivity contribution is 0.240. The fourth-order valence-electron chi connectivity index (χ4n) is 3.30. The molecule has 0 amide bonds. The van der Waals surface area contributed by atoms with Gasteiger partial charge in [-0.05, 0) is 56.7 Å². The molecule has 2 unspecified atom stereocenters. The first kappa shape index (κ1) is 11.1. The zero-order chi connectivity index (χ0) is 11.7. The molecule has 0 aromatic heterocycles. The zero-order valence-corrected chi connectivity index (χ0v) is 10.5. The highest BCUT2D eigenvalue weighted by Crippen LogP contribution is 2.40. The summed E-state index contributed by atoms with van der Waals surface area (Å²) in [5.74, 6) is 1.76. The van der Waals surface area contributed by atoms with Gasteiger partial charge >= 0.3 is 0 Å². The molecule has 0 bridgehead atoms. The van der Waals surface area contributed by atoms with Gasteiger partial charge in [-0.1, -0.05) is 18.2 Å². The maximum Gasteiger partial charge on any atom is 0.122 e. The lowest BCUT2D eigenvalue weighted by Gasteiger charge is -2.33. The minimum atomic E-state index is 0.342. The van der Waals surface area contributed by atoms with Gasteiger partial charge in [-0.15, -0.1) is 0 Å². The van der Waals surface area contributed by atoms with E-state index in [0.29, 0.717) is 11.5 Å². The lowest BCUT2D eigenvalue weighted by atomic mass is 9.81. The van der Waals surface area contributed by atoms with Gasteiger partial charge in [0.25, 0.3) is 0 Å². The second-order valence-corrected chi connectivity index (χ2v) is 5.67. The molecular weight excluding hydrogens is 210 g/mol. The van der Waals surface area contributed by atoms with Crippen molar-refractivity contribution in [3.8, 4) is 5.75 Å². The molecule has 92 valence electrons. The van der Waals surface area contributed by atoms with Crippen LogP contribution in [0.2, 0.25) is 0 Å². The first-order chi connectivity index (χ1) is 8.27. The van der Waals surface area contributed by atoms with Gasteiger partial charge in [0.15, 0.2) is 0 Å². The molecule has 1 fully saturated rings. The fraction of sp³-hybridized carbons (Fsp3) is 0.600. The number of hydrogen-bond acceptors (Lipinski definition) is 2. The van der Waals surface area contributed by atoms with Crippen LogP contribution in [-0.4, -0.2) is 18.7 Å². The molecule has 2 heteroatoms. The molecule has 0 saturated carbocycles. The van der Waals surface area contributed by atoms with Gasteiger partial charge in [0.2, 0.25) is 0 Å². The highest BCUT2D eigenvalue weighted by molar-refractivity contribution is 5.38. The Kier molecular flexibility index (Phi) is 2.83. The van der Waals surface area contributed by atoms with Gasteiger partial charge in [-0.3, -0.25) is 0 Å². The van der Waals surface area contributed by atoms with E-state index < -0.39 is 0 Å². The van der Waals surface area contributed by atoms with Gasteiger partial charge < -0.3 is 10.1 Å². The first-order valence-electron chi connectivity index (χ1n) is 6.74. The molecule has 2 nitrogen and oxygen atoms in total. The van der Waals surface area contributed by atoms with Crippen molar-refractivity contribution in [3.05, 3.63) is 29.8 Å². The average molecular weight is 231 g/mol. The third-order valence-electron chi connectivity index (χ3n) is 4.24. The van der Waals surface area contributed by atoms with Crippen molar-refractivity contribution in [2.24, 2.45) is 0 Å². The Labute approximate surface area is 103 Å². The maximum atomic E-state index is 5.73. The highest BCUT2D eigenvalue weighted by Gasteiger charge is 2.33. The van der Waals surface area contributed by atoms with Crippen LogP contribution in [0.1, 0.15) is 44.1 Å². The van der Waals surface area contributed by atoms with E-state index in [-0.39, 0.29) is 0 Å².